The third-order valence-electron chi connectivity index (χ3n) is 2.40. The van der Waals surface area contributed by atoms with E-state index in [4.69, 9.17) is 0 Å². The number of nitrogens with zero attached hydrogens (tertiary/aromatic N) is 2. The highest BCUT2D eigenvalue weighted by Gasteiger charge is 2.37. The summed E-state index contributed by atoms with van der Waals surface area (Å²) in [6.45, 7) is 0. The number of benzene rings is 1. The van der Waals surface area contributed by atoms with E-state index in [9.17, 15) is 31.1 Å². The normalized spacial score (nSPS) is 12.7. The molecule has 0 saturated carbocycles. The van der Waals surface area contributed by atoms with Crippen LogP contribution in [0.5, 0.6) is 0 Å². The molecule has 0 saturated heterocycles. The third-order valence-corrected chi connectivity index (χ3v) is 2.40. The number of aromatic nitrogens is 3. The molecule has 2 rings (SSSR count). The van der Waals surface area contributed by atoms with Crippen molar-refractivity contribution < 1.29 is 26.3 Å². The quantitative estimate of drug-likeness (QED) is 0.823. The first-order valence-electron chi connectivity index (χ1n) is 5.01. The van der Waals surface area contributed by atoms with Gasteiger partial charge in [-0.05, 0) is 18.2 Å². The Kier molecular flexibility index (Phi) is 3.11. The van der Waals surface area contributed by atoms with Crippen LogP contribution in [0.4, 0.5) is 26.3 Å². The molecule has 1 aromatic heterocycles. The van der Waals surface area contributed by atoms with Gasteiger partial charge in [-0.2, -0.15) is 31.4 Å². The van der Waals surface area contributed by atoms with Gasteiger partial charge >= 0.3 is 18.0 Å². The number of rotatable bonds is 1. The van der Waals surface area contributed by atoms with E-state index in [1.165, 1.54) is 0 Å². The smallest absolute Gasteiger partial charge is 0.250 e. The zero-order chi connectivity index (χ0) is 15.1. The molecule has 0 bridgehead atoms. The van der Waals surface area contributed by atoms with E-state index >= 15 is 0 Å². The van der Waals surface area contributed by atoms with Crippen LogP contribution in [0.1, 0.15) is 11.1 Å². The van der Waals surface area contributed by atoms with Crippen molar-refractivity contribution in [2.75, 3.05) is 0 Å². The fourth-order valence-electron chi connectivity index (χ4n) is 1.51. The topological polar surface area (TPSA) is 50.7 Å². The standard InChI is InChI=1S/C10H5F6N3O/c11-9(12,13)5-1-6(10(14,15)16)3-7(2-5)19-4-17-18-8(19)20/h1-4H,(H,18,20). The second-order valence-electron chi connectivity index (χ2n) is 3.80. The molecule has 0 amide bonds. The van der Waals surface area contributed by atoms with Gasteiger partial charge in [-0.3, -0.25) is 0 Å². The molecule has 0 aliphatic carbocycles. The summed E-state index contributed by atoms with van der Waals surface area (Å²) >= 11 is 0. The summed E-state index contributed by atoms with van der Waals surface area (Å²) in [5, 5.41) is 5.12. The average Bonchev–Trinajstić information content (AvgIpc) is 2.72. The molecule has 0 aliphatic rings. The lowest BCUT2D eigenvalue weighted by Gasteiger charge is -2.13. The van der Waals surface area contributed by atoms with Gasteiger partial charge in [0.2, 0.25) is 0 Å². The van der Waals surface area contributed by atoms with Crippen LogP contribution in [0.3, 0.4) is 0 Å². The summed E-state index contributed by atoms with van der Waals surface area (Å²) in [6, 6.07) is 0.854. The van der Waals surface area contributed by atoms with Crippen molar-refractivity contribution in [1.82, 2.24) is 14.8 Å². The largest absolute Gasteiger partial charge is 0.416 e. The van der Waals surface area contributed by atoms with Gasteiger partial charge in [-0.1, -0.05) is 0 Å². The molecule has 2 aromatic rings. The van der Waals surface area contributed by atoms with Crippen LogP contribution in [0.25, 0.3) is 5.69 Å². The maximum absolute atomic E-state index is 12.6. The predicted molar refractivity (Wildman–Crippen MR) is 54.2 cm³/mol. The molecule has 0 aliphatic heterocycles. The minimum absolute atomic E-state index is 0.0192. The third kappa shape index (κ3) is 2.68. The van der Waals surface area contributed by atoms with Gasteiger partial charge in [0.25, 0.3) is 0 Å². The van der Waals surface area contributed by atoms with Crippen molar-refractivity contribution in [3.05, 3.63) is 46.1 Å². The molecule has 1 N–H and O–H groups in total. The highest BCUT2D eigenvalue weighted by atomic mass is 19.4. The Hall–Kier alpha value is -2.26. The Morgan fingerprint density at radius 1 is 0.950 bits per heavy atom. The second-order valence-corrected chi connectivity index (χ2v) is 3.80. The lowest BCUT2D eigenvalue weighted by molar-refractivity contribution is -0.143. The van der Waals surface area contributed by atoms with Crippen molar-refractivity contribution in [3.8, 4) is 5.69 Å². The molecule has 0 spiro atoms. The van der Waals surface area contributed by atoms with Gasteiger partial charge in [0.15, 0.2) is 0 Å². The van der Waals surface area contributed by atoms with Crippen molar-refractivity contribution in [3.63, 3.8) is 0 Å². The summed E-state index contributed by atoms with van der Waals surface area (Å²) in [6.07, 6.45) is -9.15. The number of hydrogen-bond acceptors (Lipinski definition) is 2. The van der Waals surface area contributed by atoms with E-state index in [0.717, 1.165) is 6.33 Å². The number of alkyl halides is 6. The van der Waals surface area contributed by atoms with Gasteiger partial charge < -0.3 is 0 Å². The first-order valence-corrected chi connectivity index (χ1v) is 5.01. The molecule has 0 fully saturated rings. The predicted octanol–water partition coefficient (Wildman–Crippen LogP) is 2.60. The molecule has 20 heavy (non-hydrogen) atoms. The van der Waals surface area contributed by atoms with Crippen LogP contribution in [0.15, 0.2) is 29.3 Å². The Morgan fingerprint density at radius 3 is 1.80 bits per heavy atom. The van der Waals surface area contributed by atoms with Gasteiger partial charge in [-0.15, -0.1) is 0 Å². The summed E-state index contributed by atoms with van der Waals surface area (Å²) in [5.41, 5.74) is -4.53. The summed E-state index contributed by atoms with van der Waals surface area (Å²) in [4.78, 5) is 11.2. The SMILES string of the molecule is O=c1[nH]ncn1-c1cc(C(F)(F)F)cc(C(F)(F)F)c1. The molecule has 108 valence electrons. The van der Waals surface area contributed by atoms with Gasteiger partial charge in [0, 0.05) is 0 Å². The van der Waals surface area contributed by atoms with Crippen LogP contribution in [0, 0.1) is 0 Å². The van der Waals surface area contributed by atoms with Crippen LogP contribution >= 0.6 is 0 Å². The van der Waals surface area contributed by atoms with Crippen molar-refractivity contribution in [1.29, 1.82) is 0 Å². The van der Waals surface area contributed by atoms with Crippen LogP contribution in [-0.2, 0) is 12.4 Å². The molecule has 10 heteroatoms. The maximum Gasteiger partial charge on any atom is 0.416 e. The van der Waals surface area contributed by atoms with Crippen molar-refractivity contribution in [2.24, 2.45) is 0 Å². The van der Waals surface area contributed by atoms with Crippen molar-refractivity contribution >= 4 is 0 Å². The highest BCUT2D eigenvalue weighted by molar-refractivity contribution is 5.42. The Bertz CT molecular complexity index is 649. The minimum atomic E-state index is -4.97. The van der Waals surface area contributed by atoms with E-state index in [-0.39, 0.29) is 6.07 Å². The lowest BCUT2D eigenvalue weighted by Crippen LogP contribution is -2.17. The molecule has 0 atom stereocenters. The van der Waals surface area contributed by atoms with Crippen LogP contribution in [-0.4, -0.2) is 14.8 Å². The number of H-pyrrole nitrogens is 1. The molecular weight excluding hydrogens is 292 g/mol. The summed E-state index contributed by atoms with van der Waals surface area (Å²) in [7, 11) is 0. The molecule has 0 radical (unpaired) electrons. The first kappa shape index (κ1) is 14.2. The molecule has 0 unspecified atom stereocenters. The van der Waals surface area contributed by atoms with Gasteiger partial charge in [0.1, 0.15) is 6.33 Å². The van der Waals surface area contributed by atoms with E-state index < -0.39 is 34.9 Å². The number of nitrogens with one attached hydrogen (secondary N) is 1. The Labute approximate surface area is 106 Å². The van der Waals surface area contributed by atoms with Gasteiger partial charge in [-0.25, -0.2) is 14.5 Å². The fourth-order valence-corrected chi connectivity index (χ4v) is 1.51. The number of aromatic amines is 1. The fraction of sp³-hybridized carbons (Fsp3) is 0.200. The zero-order valence-electron chi connectivity index (χ0n) is 9.38. The monoisotopic (exact) mass is 297 g/mol. The van der Waals surface area contributed by atoms with E-state index in [2.05, 4.69) is 5.10 Å². The molecular formula is C10H5F6N3O. The van der Waals surface area contributed by atoms with E-state index in [1.54, 1.807) is 0 Å². The Balaban J connectivity index is 2.70. The molecule has 1 heterocycles. The minimum Gasteiger partial charge on any atom is -0.250 e. The van der Waals surface area contributed by atoms with Crippen LogP contribution in [0.2, 0.25) is 0 Å². The summed E-state index contributed by atoms with van der Waals surface area (Å²) < 4.78 is 76.1. The van der Waals surface area contributed by atoms with Crippen molar-refractivity contribution in [2.45, 2.75) is 12.4 Å². The highest BCUT2D eigenvalue weighted by Crippen LogP contribution is 2.36. The van der Waals surface area contributed by atoms with E-state index in [1.807, 2.05) is 5.10 Å². The number of hydrogen-bond donors (Lipinski definition) is 1. The molecule has 4 nitrogen and oxygen atoms in total. The second kappa shape index (κ2) is 4.39. The lowest BCUT2D eigenvalue weighted by atomic mass is 10.1. The Morgan fingerprint density at radius 2 is 1.45 bits per heavy atom. The average molecular weight is 297 g/mol. The van der Waals surface area contributed by atoms with Gasteiger partial charge in [0.05, 0.1) is 16.8 Å². The van der Waals surface area contributed by atoms with E-state index in [0.29, 0.717) is 16.7 Å². The summed E-state index contributed by atoms with van der Waals surface area (Å²) in [5.74, 6) is 0. The molecule has 1 aromatic carbocycles. The zero-order valence-corrected chi connectivity index (χ0v) is 9.38. The number of halogens is 6. The first-order chi connectivity index (χ1) is 9.09. The maximum atomic E-state index is 12.6. The van der Waals surface area contributed by atoms with Crippen LogP contribution < -0.4 is 5.69 Å².